The zero-order valence-electron chi connectivity index (χ0n) is 20.2. The van der Waals surface area contributed by atoms with E-state index in [1.165, 1.54) is 19.5 Å². The summed E-state index contributed by atoms with van der Waals surface area (Å²) in [4.78, 5) is 45.4. The van der Waals surface area contributed by atoms with E-state index in [4.69, 9.17) is 24.9 Å². The lowest BCUT2D eigenvalue weighted by atomic mass is 10.1. The predicted molar refractivity (Wildman–Crippen MR) is 137 cm³/mol. The molecule has 14 heteroatoms. The van der Waals surface area contributed by atoms with Crippen LogP contribution in [-0.4, -0.2) is 96.5 Å². The number of amidine groups is 1. The first-order chi connectivity index (χ1) is 17.5. The highest BCUT2D eigenvalue weighted by Gasteiger charge is 2.33. The van der Waals surface area contributed by atoms with Gasteiger partial charge in [0, 0.05) is 37.6 Å². The molecule has 1 fully saturated rings. The SMILES string of the molecule is COc1c(OCCCN2CCOCC2=O)ccc2c1N=C(NC(=O)c1cnc(N)nc1)N1CCN=C21.Cl. The largest absolute Gasteiger partial charge is 0.491 e. The standard InChI is InChI=1S/C23H26N8O5.ClH/c1-34-19-16(36-9-2-6-30-8-10-35-13-17(30)32)4-3-15-18(19)28-23(31-7-5-25-20(15)31)29-21(33)14-11-26-22(24)27-12-14;/h3-4,11-12H,2,5-10,13H2,1H3,(H2,24,26,27)(H,28,29,33);1H. The molecular weight excluding hydrogens is 504 g/mol. The van der Waals surface area contributed by atoms with E-state index in [9.17, 15) is 9.59 Å². The van der Waals surface area contributed by atoms with Crippen LogP contribution >= 0.6 is 12.4 Å². The molecule has 1 aromatic carbocycles. The Morgan fingerprint density at radius 1 is 1.24 bits per heavy atom. The van der Waals surface area contributed by atoms with Crippen LogP contribution in [0.25, 0.3) is 0 Å². The second-order valence-corrected chi connectivity index (χ2v) is 8.20. The third-order valence-electron chi connectivity index (χ3n) is 5.93. The number of nitrogens with one attached hydrogen (secondary N) is 1. The van der Waals surface area contributed by atoms with Gasteiger partial charge in [0.15, 0.2) is 11.5 Å². The molecule has 0 aliphatic carbocycles. The van der Waals surface area contributed by atoms with Crippen molar-refractivity contribution in [2.24, 2.45) is 9.98 Å². The van der Waals surface area contributed by atoms with Gasteiger partial charge < -0.3 is 24.8 Å². The summed E-state index contributed by atoms with van der Waals surface area (Å²) in [5.74, 6) is 1.61. The molecule has 13 nitrogen and oxygen atoms in total. The Bertz CT molecular complexity index is 1240. The minimum atomic E-state index is -0.424. The van der Waals surface area contributed by atoms with Crippen LogP contribution in [0.1, 0.15) is 22.3 Å². The summed E-state index contributed by atoms with van der Waals surface area (Å²) in [6.07, 6.45) is 3.36. The first-order valence-electron chi connectivity index (χ1n) is 11.5. The highest BCUT2D eigenvalue weighted by Crippen LogP contribution is 2.43. The summed E-state index contributed by atoms with van der Waals surface area (Å²) in [5.41, 5.74) is 7.06. The lowest BCUT2D eigenvalue weighted by Crippen LogP contribution is -2.47. The second-order valence-electron chi connectivity index (χ2n) is 8.20. The Kier molecular flexibility index (Phi) is 8.04. The molecule has 196 valence electrons. The van der Waals surface area contributed by atoms with Gasteiger partial charge in [-0.15, -0.1) is 12.4 Å². The van der Waals surface area contributed by atoms with Crippen molar-refractivity contribution >= 4 is 47.7 Å². The molecule has 1 saturated heterocycles. The number of hydrogen-bond donors (Lipinski definition) is 2. The fourth-order valence-electron chi connectivity index (χ4n) is 4.15. The Morgan fingerprint density at radius 2 is 2.05 bits per heavy atom. The number of nitrogen functional groups attached to an aromatic ring is 1. The molecule has 5 rings (SSSR count). The lowest BCUT2D eigenvalue weighted by Gasteiger charge is -2.29. The Morgan fingerprint density at radius 3 is 2.81 bits per heavy atom. The Balaban J connectivity index is 0.00000320. The number of nitrogens with zero attached hydrogens (tertiary/aromatic N) is 6. The lowest BCUT2D eigenvalue weighted by molar-refractivity contribution is -0.142. The van der Waals surface area contributed by atoms with E-state index in [0.29, 0.717) is 74.8 Å². The van der Waals surface area contributed by atoms with Crippen molar-refractivity contribution < 1.29 is 23.8 Å². The fourth-order valence-corrected chi connectivity index (χ4v) is 4.15. The van der Waals surface area contributed by atoms with Gasteiger partial charge in [-0.1, -0.05) is 0 Å². The molecule has 0 radical (unpaired) electrons. The van der Waals surface area contributed by atoms with Crippen molar-refractivity contribution in [1.82, 2.24) is 25.1 Å². The van der Waals surface area contributed by atoms with Gasteiger partial charge in [0.1, 0.15) is 18.1 Å². The van der Waals surface area contributed by atoms with Gasteiger partial charge in [0.25, 0.3) is 5.91 Å². The van der Waals surface area contributed by atoms with Crippen molar-refractivity contribution in [2.75, 3.05) is 58.8 Å². The van der Waals surface area contributed by atoms with E-state index in [1.54, 1.807) is 4.90 Å². The molecule has 37 heavy (non-hydrogen) atoms. The number of ether oxygens (including phenoxy) is 3. The van der Waals surface area contributed by atoms with Crippen LogP contribution in [0.4, 0.5) is 11.6 Å². The number of carbonyl (C=O) groups excluding carboxylic acids is 2. The van der Waals surface area contributed by atoms with Gasteiger partial charge in [-0.25, -0.2) is 15.0 Å². The third kappa shape index (κ3) is 5.42. The summed E-state index contributed by atoms with van der Waals surface area (Å²) in [5, 5.41) is 2.82. The summed E-state index contributed by atoms with van der Waals surface area (Å²) in [6, 6.07) is 3.70. The van der Waals surface area contributed by atoms with Gasteiger partial charge in [-0.3, -0.25) is 24.8 Å². The minimum absolute atomic E-state index is 0. The van der Waals surface area contributed by atoms with Crippen LogP contribution in [0, 0.1) is 0 Å². The highest BCUT2D eigenvalue weighted by atomic mass is 35.5. The molecular formula is C23H27ClN8O5. The van der Waals surface area contributed by atoms with E-state index >= 15 is 0 Å². The van der Waals surface area contributed by atoms with Gasteiger partial charge in [0.2, 0.25) is 17.8 Å². The zero-order valence-corrected chi connectivity index (χ0v) is 21.0. The maximum atomic E-state index is 12.8. The number of guanidine groups is 1. The molecule has 2 aromatic rings. The number of fused-ring (bicyclic) bond motifs is 3. The third-order valence-corrected chi connectivity index (χ3v) is 5.93. The fraction of sp³-hybridized carbons (Fsp3) is 0.391. The number of morpholine rings is 1. The number of aliphatic imine (C=N–C) groups is 2. The van der Waals surface area contributed by atoms with Crippen LogP contribution in [-0.2, 0) is 9.53 Å². The molecule has 3 N–H and O–H groups in total. The topological polar surface area (TPSA) is 157 Å². The van der Waals surface area contributed by atoms with Gasteiger partial charge in [-0.2, -0.15) is 0 Å². The van der Waals surface area contributed by atoms with E-state index < -0.39 is 5.91 Å². The van der Waals surface area contributed by atoms with E-state index in [1.807, 2.05) is 17.0 Å². The van der Waals surface area contributed by atoms with Crippen molar-refractivity contribution in [3.8, 4) is 11.5 Å². The smallest absolute Gasteiger partial charge is 0.261 e. The molecule has 0 bridgehead atoms. The average molecular weight is 531 g/mol. The van der Waals surface area contributed by atoms with Crippen molar-refractivity contribution in [2.45, 2.75) is 6.42 Å². The number of carbonyl (C=O) groups is 2. The van der Waals surface area contributed by atoms with Crippen molar-refractivity contribution in [3.63, 3.8) is 0 Å². The number of methoxy groups -OCH3 is 1. The summed E-state index contributed by atoms with van der Waals surface area (Å²) >= 11 is 0. The maximum Gasteiger partial charge on any atom is 0.261 e. The summed E-state index contributed by atoms with van der Waals surface area (Å²) in [7, 11) is 1.54. The number of anilines is 1. The first-order valence-corrected chi connectivity index (χ1v) is 11.5. The number of nitrogens with two attached hydrogens (primary N) is 1. The summed E-state index contributed by atoms with van der Waals surface area (Å²) in [6.45, 7) is 3.38. The molecule has 0 spiro atoms. The van der Waals surface area contributed by atoms with Gasteiger partial charge >= 0.3 is 0 Å². The molecule has 0 unspecified atom stereocenters. The molecule has 3 aliphatic heterocycles. The van der Waals surface area contributed by atoms with Crippen molar-refractivity contribution in [1.29, 1.82) is 0 Å². The number of benzene rings is 1. The number of rotatable bonds is 7. The van der Waals surface area contributed by atoms with Crippen LogP contribution in [0.15, 0.2) is 34.5 Å². The number of amides is 2. The zero-order chi connectivity index (χ0) is 25.1. The van der Waals surface area contributed by atoms with Gasteiger partial charge in [-0.05, 0) is 18.6 Å². The molecule has 1 aromatic heterocycles. The van der Waals surface area contributed by atoms with Crippen LogP contribution in [0.2, 0.25) is 0 Å². The quantitative estimate of drug-likeness (QED) is 0.489. The average Bonchev–Trinajstić information content (AvgIpc) is 3.38. The van der Waals surface area contributed by atoms with E-state index in [2.05, 4.69) is 20.3 Å². The Labute approximate surface area is 219 Å². The normalized spacial score (nSPS) is 16.2. The first kappa shape index (κ1) is 26.1. The molecule has 3 aliphatic rings. The number of aromatic nitrogens is 2. The monoisotopic (exact) mass is 530 g/mol. The molecule has 4 heterocycles. The molecule has 0 saturated carbocycles. The molecule has 0 atom stereocenters. The maximum absolute atomic E-state index is 12.8. The van der Waals surface area contributed by atoms with Crippen LogP contribution in [0.5, 0.6) is 11.5 Å². The van der Waals surface area contributed by atoms with Crippen LogP contribution < -0.4 is 20.5 Å². The Hall–Kier alpha value is -3.97. The van der Waals surface area contributed by atoms with E-state index in [-0.39, 0.29) is 36.4 Å². The summed E-state index contributed by atoms with van der Waals surface area (Å²) < 4.78 is 16.8. The van der Waals surface area contributed by atoms with Gasteiger partial charge in [0.05, 0.1) is 32.4 Å². The van der Waals surface area contributed by atoms with Crippen molar-refractivity contribution in [3.05, 3.63) is 35.7 Å². The highest BCUT2D eigenvalue weighted by molar-refractivity contribution is 6.20. The van der Waals surface area contributed by atoms with E-state index in [0.717, 1.165) is 5.56 Å². The second kappa shape index (κ2) is 11.4. The minimum Gasteiger partial charge on any atom is -0.491 e. The predicted octanol–water partition coefficient (Wildman–Crippen LogP) is 0.610. The number of halogens is 1. The molecule has 2 amide bonds. The number of hydrogen-bond acceptors (Lipinski definition) is 11. The van der Waals surface area contributed by atoms with Crippen LogP contribution in [0.3, 0.4) is 0 Å².